The number of hydrogen-bond acceptors (Lipinski definition) is 3. The highest BCUT2D eigenvalue weighted by molar-refractivity contribution is 6.06. The van der Waals surface area contributed by atoms with Gasteiger partial charge in [-0.25, -0.2) is 4.39 Å². The molecule has 0 saturated carbocycles. The van der Waals surface area contributed by atoms with Crippen molar-refractivity contribution in [3.05, 3.63) is 78.1 Å². The SMILES string of the molecule is C#CCN/C(=C\C(=O)c1ccco1)c1ccc(-c2ccccc2F)[nH]1. The lowest BCUT2D eigenvalue weighted by atomic mass is 10.1. The number of allylic oxidation sites excluding steroid dienone is 1. The van der Waals surface area contributed by atoms with Crippen LogP contribution < -0.4 is 5.32 Å². The molecule has 2 aromatic heterocycles. The van der Waals surface area contributed by atoms with Crippen LogP contribution in [0, 0.1) is 18.2 Å². The highest BCUT2D eigenvalue weighted by Crippen LogP contribution is 2.24. The first kappa shape index (κ1) is 16.3. The first-order valence-electron chi connectivity index (χ1n) is 7.60. The molecule has 1 aromatic carbocycles. The summed E-state index contributed by atoms with van der Waals surface area (Å²) in [5.74, 6) is 2.06. The number of hydrogen-bond donors (Lipinski definition) is 2. The third-order valence-electron chi connectivity index (χ3n) is 3.56. The molecule has 0 unspecified atom stereocenters. The van der Waals surface area contributed by atoms with Gasteiger partial charge >= 0.3 is 0 Å². The number of halogens is 1. The Balaban J connectivity index is 1.94. The standard InChI is InChI=1S/C20H15FN2O2/c1-2-11-22-18(13-19(24)20-8-5-12-25-20)17-10-9-16(23-17)14-6-3-4-7-15(14)21/h1,3-10,12-13,22-23H,11H2/b18-13-. The average molecular weight is 334 g/mol. The molecule has 0 radical (unpaired) electrons. The second-order valence-corrected chi connectivity index (χ2v) is 5.22. The molecule has 0 aliphatic carbocycles. The topological polar surface area (TPSA) is 58.0 Å². The van der Waals surface area contributed by atoms with Crippen LogP contribution in [0.5, 0.6) is 0 Å². The van der Waals surface area contributed by atoms with E-state index in [1.54, 1.807) is 42.5 Å². The number of nitrogens with one attached hydrogen (secondary N) is 2. The Morgan fingerprint density at radius 1 is 1.24 bits per heavy atom. The van der Waals surface area contributed by atoms with Crippen LogP contribution in [0.1, 0.15) is 16.2 Å². The summed E-state index contributed by atoms with van der Waals surface area (Å²) in [5, 5.41) is 3.00. The van der Waals surface area contributed by atoms with Crippen LogP contribution in [-0.4, -0.2) is 17.3 Å². The average Bonchev–Trinajstić information content (AvgIpc) is 3.30. The largest absolute Gasteiger partial charge is 0.461 e. The van der Waals surface area contributed by atoms with Gasteiger partial charge in [-0.15, -0.1) is 6.42 Å². The minimum absolute atomic E-state index is 0.223. The Hall–Kier alpha value is -3.52. The van der Waals surface area contributed by atoms with Gasteiger partial charge in [-0.2, -0.15) is 0 Å². The summed E-state index contributed by atoms with van der Waals surface area (Å²) >= 11 is 0. The minimum atomic E-state index is -0.329. The van der Waals surface area contributed by atoms with Crippen molar-refractivity contribution >= 4 is 11.5 Å². The van der Waals surface area contributed by atoms with E-state index in [0.29, 0.717) is 22.6 Å². The maximum atomic E-state index is 13.9. The predicted molar refractivity (Wildman–Crippen MR) is 94.0 cm³/mol. The lowest BCUT2D eigenvalue weighted by Crippen LogP contribution is -2.14. The van der Waals surface area contributed by atoms with Crippen molar-refractivity contribution in [1.82, 2.24) is 10.3 Å². The predicted octanol–water partition coefficient (Wildman–Crippen LogP) is 3.86. The molecule has 0 amide bonds. The molecule has 3 aromatic rings. The van der Waals surface area contributed by atoms with Gasteiger partial charge in [0.05, 0.1) is 24.2 Å². The van der Waals surface area contributed by atoms with Crippen molar-refractivity contribution in [3.8, 4) is 23.6 Å². The molecular formula is C20H15FN2O2. The number of furan rings is 1. The molecule has 0 bridgehead atoms. The number of benzene rings is 1. The van der Waals surface area contributed by atoms with Gasteiger partial charge in [0.25, 0.3) is 0 Å². The van der Waals surface area contributed by atoms with Gasteiger partial charge in [-0.3, -0.25) is 4.79 Å². The van der Waals surface area contributed by atoms with Gasteiger partial charge in [0.2, 0.25) is 5.78 Å². The molecule has 2 heterocycles. The molecule has 4 nitrogen and oxygen atoms in total. The minimum Gasteiger partial charge on any atom is -0.461 e. The monoisotopic (exact) mass is 334 g/mol. The molecule has 0 saturated heterocycles. The molecule has 2 N–H and O–H groups in total. The quantitative estimate of drug-likeness (QED) is 0.409. The molecule has 124 valence electrons. The molecule has 0 atom stereocenters. The van der Waals surface area contributed by atoms with Crippen LogP contribution in [0.2, 0.25) is 0 Å². The summed E-state index contributed by atoms with van der Waals surface area (Å²) < 4.78 is 19.0. The number of aromatic nitrogens is 1. The first-order chi connectivity index (χ1) is 12.2. The number of rotatable bonds is 6. The van der Waals surface area contributed by atoms with Crippen molar-refractivity contribution in [2.24, 2.45) is 0 Å². The van der Waals surface area contributed by atoms with E-state index in [1.165, 1.54) is 18.4 Å². The second-order valence-electron chi connectivity index (χ2n) is 5.22. The summed E-state index contributed by atoms with van der Waals surface area (Å²) in [5.41, 5.74) is 2.17. The van der Waals surface area contributed by atoms with Crippen LogP contribution in [-0.2, 0) is 0 Å². The van der Waals surface area contributed by atoms with Crippen LogP contribution in [0.4, 0.5) is 4.39 Å². The molecule has 5 heteroatoms. The number of H-pyrrole nitrogens is 1. The summed E-state index contributed by atoms with van der Waals surface area (Å²) in [6.45, 7) is 0.241. The van der Waals surface area contributed by atoms with E-state index in [-0.39, 0.29) is 23.9 Å². The first-order valence-corrected chi connectivity index (χ1v) is 7.60. The van der Waals surface area contributed by atoms with Crippen molar-refractivity contribution in [3.63, 3.8) is 0 Å². The van der Waals surface area contributed by atoms with Gasteiger partial charge in [0.1, 0.15) is 5.82 Å². The zero-order valence-electron chi connectivity index (χ0n) is 13.3. The second kappa shape index (κ2) is 7.37. The molecule has 0 spiro atoms. The van der Waals surface area contributed by atoms with E-state index >= 15 is 0 Å². The summed E-state index contributed by atoms with van der Waals surface area (Å²) in [4.78, 5) is 15.4. The number of terminal acetylenes is 1. The highest BCUT2D eigenvalue weighted by Gasteiger charge is 2.12. The van der Waals surface area contributed by atoms with E-state index in [9.17, 15) is 9.18 Å². The van der Waals surface area contributed by atoms with Crippen LogP contribution >= 0.6 is 0 Å². The maximum Gasteiger partial charge on any atom is 0.223 e. The Morgan fingerprint density at radius 3 is 2.80 bits per heavy atom. The van der Waals surface area contributed by atoms with E-state index in [4.69, 9.17) is 10.8 Å². The Morgan fingerprint density at radius 2 is 2.08 bits per heavy atom. The molecule has 0 aliphatic heterocycles. The fourth-order valence-corrected chi connectivity index (χ4v) is 2.38. The number of aromatic amines is 1. The van der Waals surface area contributed by atoms with Crippen molar-refractivity contribution in [2.45, 2.75) is 0 Å². The van der Waals surface area contributed by atoms with E-state index in [1.807, 2.05) is 0 Å². The summed E-state index contributed by atoms with van der Waals surface area (Å²) in [7, 11) is 0. The molecular weight excluding hydrogens is 319 g/mol. The van der Waals surface area contributed by atoms with Crippen molar-refractivity contribution in [1.29, 1.82) is 0 Å². The molecule has 0 aliphatic rings. The van der Waals surface area contributed by atoms with Crippen LogP contribution in [0.3, 0.4) is 0 Å². The van der Waals surface area contributed by atoms with Crippen LogP contribution in [0.15, 0.2) is 65.3 Å². The normalized spacial score (nSPS) is 11.1. The Labute approximate surface area is 144 Å². The van der Waals surface area contributed by atoms with Gasteiger partial charge in [-0.1, -0.05) is 18.1 Å². The number of carbonyl (C=O) groups excluding carboxylic acids is 1. The van der Waals surface area contributed by atoms with Crippen molar-refractivity contribution in [2.75, 3.05) is 6.54 Å². The van der Waals surface area contributed by atoms with E-state index in [2.05, 4.69) is 16.2 Å². The van der Waals surface area contributed by atoms with E-state index in [0.717, 1.165) is 0 Å². The molecule has 0 fully saturated rings. The van der Waals surface area contributed by atoms with Gasteiger partial charge in [0, 0.05) is 17.3 Å². The number of ketones is 1. The van der Waals surface area contributed by atoms with E-state index < -0.39 is 0 Å². The zero-order chi connectivity index (χ0) is 17.6. The molecule has 25 heavy (non-hydrogen) atoms. The third kappa shape index (κ3) is 3.70. The lowest BCUT2D eigenvalue weighted by molar-refractivity contribution is 0.102. The zero-order valence-corrected chi connectivity index (χ0v) is 13.3. The summed E-state index contributed by atoms with van der Waals surface area (Å²) in [6, 6.07) is 13.2. The van der Waals surface area contributed by atoms with Crippen molar-refractivity contribution < 1.29 is 13.6 Å². The maximum absolute atomic E-state index is 13.9. The number of carbonyl (C=O) groups is 1. The fourth-order valence-electron chi connectivity index (χ4n) is 2.38. The van der Waals surface area contributed by atoms with Gasteiger partial charge in [0.15, 0.2) is 5.76 Å². The Kier molecular flexibility index (Phi) is 4.82. The Bertz CT molecular complexity index is 946. The smallest absolute Gasteiger partial charge is 0.223 e. The van der Waals surface area contributed by atoms with Crippen LogP contribution in [0.25, 0.3) is 17.0 Å². The third-order valence-corrected chi connectivity index (χ3v) is 3.56. The summed E-state index contributed by atoms with van der Waals surface area (Å²) in [6.07, 6.45) is 8.12. The van der Waals surface area contributed by atoms with Gasteiger partial charge < -0.3 is 14.7 Å². The van der Waals surface area contributed by atoms with Gasteiger partial charge in [-0.05, 0) is 36.4 Å². The highest BCUT2D eigenvalue weighted by atomic mass is 19.1. The fraction of sp³-hybridized carbons (Fsp3) is 0.0500. The molecule has 3 rings (SSSR count). The lowest BCUT2D eigenvalue weighted by Gasteiger charge is -2.07.